The van der Waals surface area contributed by atoms with E-state index in [4.69, 9.17) is 9.47 Å². The number of hydrogen-bond donors (Lipinski definition) is 1. The largest absolute Gasteiger partial charge is 0.491 e. The van der Waals surface area contributed by atoms with Crippen molar-refractivity contribution in [2.24, 2.45) is 0 Å². The van der Waals surface area contributed by atoms with Gasteiger partial charge in [0, 0.05) is 6.54 Å². The van der Waals surface area contributed by atoms with E-state index < -0.39 is 6.10 Å². The van der Waals surface area contributed by atoms with E-state index in [1.54, 1.807) is 0 Å². The van der Waals surface area contributed by atoms with Crippen LogP contribution < -0.4 is 14.8 Å². The second kappa shape index (κ2) is 11.1. The standard InChI is InChI=1S/C26H37NO3/c1-7-24(30-22-15-13-21(14-16-22)26(4,5)6)25(28)27-17-9-11-20-10-8-12-23(18-20)29-19(2)3/h8,10,12-16,18-19,24H,7,9,11,17H2,1-6H3,(H,27,28)/t24-/m0/s1. The van der Waals surface area contributed by atoms with Gasteiger partial charge in [0.1, 0.15) is 11.5 Å². The molecule has 4 heteroatoms. The number of carbonyl (C=O) groups is 1. The summed E-state index contributed by atoms with van der Waals surface area (Å²) < 4.78 is 11.7. The van der Waals surface area contributed by atoms with Crippen LogP contribution >= 0.6 is 0 Å². The van der Waals surface area contributed by atoms with E-state index in [9.17, 15) is 4.79 Å². The fraction of sp³-hybridized carbons (Fsp3) is 0.500. The highest BCUT2D eigenvalue weighted by Crippen LogP contribution is 2.25. The normalized spacial score (nSPS) is 12.5. The van der Waals surface area contributed by atoms with Crippen molar-refractivity contribution in [2.45, 2.75) is 78.4 Å². The van der Waals surface area contributed by atoms with E-state index in [1.807, 2.05) is 45.0 Å². The zero-order valence-corrected chi connectivity index (χ0v) is 19.3. The second-order valence-electron chi connectivity index (χ2n) is 9.00. The van der Waals surface area contributed by atoms with Gasteiger partial charge in [0.2, 0.25) is 0 Å². The summed E-state index contributed by atoms with van der Waals surface area (Å²) in [7, 11) is 0. The molecule has 0 saturated heterocycles. The molecule has 2 aromatic rings. The predicted molar refractivity (Wildman–Crippen MR) is 123 cm³/mol. The van der Waals surface area contributed by atoms with Gasteiger partial charge in [-0.1, -0.05) is 52.0 Å². The molecule has 0 aliphatic heterocycles. The Hall–Kier alpha value is -2.49. The van der Waals surface area contributed by atoms with Crippen LogP contribution in [0.2, 0.25) is 0 Å². The average molecular weight is 412 g/mol. The first-order chi connectivity index (χ1) is 14.2. The molecule has 164 valence electrons. The maximum Gasteiger partial charge on any atom is 0.261 e. The fourth-order valence-electron chi connectivity index (χ4n) is 3.18. The van der Waals surface area contributed by atoms with Crippen LogP contribution in [0.3, 0.4) is 0 Å². The third-order valence-electron chi connectivity index (χ3n) is 4.87. The maximum absolute atomic E-state index is 12.5. The van der Waals surface area contributed by atoms with E-state index in [-0.39, 0.29) is 17.4 Å². The van der Waals surface area contributed by atoms with Gasteiger partial charge in [-0.3, -0.25) is 4.79 Å². The van der Waals surface area contributed by atoms with Gasteiger partial charge in [0.05, 0.1) is 6.10 Å². The van der Waals surface area contributed by atoms with E-state index in [1.165, 1.54) is 11.1 Å². The zero-order valence-electron chi connectivity index (χ0n) is 19.3. The van der Waals surface area contributed by atoms with Crippen molar-refractivity contribution in [2.75, 3.05) is 6.54 Å². The minimum absolute atomic E-state index is 0.0608. The molecule has 0 bridgehead atoms. The molecule has 0 radical (unpaired) electrons. The van der Waals surface area contributed by atoms with Gasteiger partial charge in [-0.15, -0.1) is 0 Å². The SMILES string of the molecule is CC[C@H](Oc1ccc(C(C)(C)C)cc1)C(=O)NCCCc1cccc(OC(C)C)c1. The van der Waals surface area contributed by atoms with Crippen molar-refractivity contribution in [1.29, 1.82) is 0 Å². The van der Waals surface area contributed by atoms with Gasteiger partial charge in [0.15, 0.2) is 6.10 Å². The first kappa shape index (κ1) is 23.8. The Morgan fingerprint density at radius 1 is 1.00 bits per heavy atom. The lowest BCUT2D eigenvalue weighted by Gasteiger charge is -2.21. The summed E-state index contributed by atoms with van der Waals surface area (Å²) in [6.07, 6.45) is 2.07. The summed E-state index contributed by atoms with van der Waals surface area (Å²) in [6, 6.07) is 16.2. The summed E-state index contributed by atoms with van der Waals surface area (Å²) in [6.45, 7) is 13.2. The van der Waals surface area contributed by atoms with Crippen LogP contribution in [-0.2, 0) is 16.6 Å². The van der Waals surface area contributed by atoms with Crippen LogP contribution in [0.4, 0.5) is 0 Å². The van der Waals surface area contributed by atoms with Crippen molar-refractivity contribution in [3.8, 4) is 11.5 Å². The third-order valence-corrected chi connectivity index (χ3v) is 4.87. The number of ether oxygens (including phenoxy) is 2. The van der Waals surface area contributed by atoms with Crippen LogP contribution in [0.5, 0.6) is 11.5 Å². The number of benzene rings is 2. The first-order valence-corrected chi connectivity index (χ1v) is 11.0. The lowest BCUT2D eigenvalue weighted by atomic mass is 9.87. The lowest BCUT2D eigenvalue weighted by molar-refractivity contribution is -0.128. The summed E-state index contributed by atoms with van der Waals surface area (Å²) in [5.74, 6) is 1.56. The molecule has 0 aromatic heterocycles. The van der Waals surface area contributed by atoms with Crippen LogP contribution in [-0.4, -0.2) is 24.7 Å². The van der Waals surface area contributed by atoms with Gasteiger partial charge >= 0.3 is 0 Å². The number of hydrogen-bond acceptors (Lipinski definition) is 3. The third kappa shape index (κ3) is 7.74. The Morgan fingerprint density at radius 2 is 1.70 bits per heavy atom. The molecule has 0 spiro atoms. The molecule has 2 rings (SSSR count). The molecule has 0 fully saturated rings. The first-order valence-electron chi connectivity index (χ1n) is 11.0. The van der Waals surface area contributed by atoms with Crippen molar-refractivity contribution >= 4 is 5.91 Å². The van der Waals surface area contributed by atoms with Gasteiger partial charge in [-0.25, -0.2) is 0 Å². The average Bonchev–Trinajstić information content (AvgIpc) is 2.68. The number of carbonyl (C=O) groups excluding carboxylic acids is 1. The van der Waals surface area contributed by atoms with Crippen molar-refractivity contribution in [3.05, 3.63) is 59.7 Å². The molecule has 0 aliphatic rings. The summed E-state index contributed by atoms with van der Waals surface area (Å²) in [5, 5.41) is 3.01. The van der Waals surface area contributed by atoms with E-state index in [2.05, 4.69) is 50.4 Å². The maximum atomic E-state index is 12.5. The van der Waals surface area contributed by atoms with Gasteiger partial charge < -0.3 is 14.8 Å². The summed E-state index contributed by atoms with van der Waals surface area (Å²) in [5.41, 5.74) is 2.56. The number of amides is 1. The van der Waals surface area contributed by atoms with Gasteiger partial charge in [-0.2, -0.15) is 0 Å². The fourth-order valence-corrected chi connectivity index (χ4v) is 3.18. The molecular weight excluding hydrogens is 374 g/mol. The number of aryl methyl sites for hydroxylation is 1. The number of rotatable bonds is 10. The lowest BCUT2D eigenvalue weighted by Crippen LogP contribution is -2.38. The minimum atomic E-state index is -0.478. The Morgan fingerprint density at radius 3 is 2.30 bits per heavy atom. The zero-order chi connectivity index (χ0) is 22.1. The predicted octanol–water partition coefficient (Wildman–Crippen LogP) is 5.68. The highest BCUT2D eigenvalue weighted by Gasteiger charge is 2.19. The van der Waals surface area contributed by atoms with Crippen molar-refractivity contribution < 1.29 is 14.3 Å². The van der Waals surface area contributed by atoms with Gasteiger partial charge in [-0.05, 0) is 73.9 Å². The Labute approximate surface area is 182 Å². The van der Waals surface area contributed by atoms with Crippen LogP contribution in [0.15, 0.2) is 48.5 Å². The molecule has 30 heavy (non-hydrogen) atoms. The molecule has 4 nitrogen and oxygen atoms in total. The minimum Gasteiger partial charge on any atom is -0.491 e. The van der Waals surface area contributed by atoms with Crippen molar-refractivity contribution in [3.63, 3.8) is 0 Å². The second-order valence-corrected chi connectivity index (χ2v) is 9.00. The topological polar surface area (TPSA) is 47.6 Å². The summed E-state index contributed by atoms with van der Waals surface area (Å²) >= 11 is 0. The molecule has 0 heterocycles. The molecule has 0 aliphatic carbocycles. The Bertz CT molecular complexity index is 791. The Balaban J connectivity index is 1.80. The van der Waals surface area contributed by atoms with E-state index in [0.29, 0.717) is 13.0 Å². The van der Waals surface area contributed by atoms with Crippen LogP contribution in [0.25, 0.3) is 0 Å². The summed E-state index contributed by atoms with van der Waals surface area (Å²) in [4.78, 5) is 12.5. The quantitative estimate of drug-likeness (QED) is 0.512. The van der Waals surface area contributed by atoms with Crippen molar-refractivity contribution in [1.82, 2.24) is 5.32 Å². The molecule has 1 atom stereocenters. The van der Waals surface area contributed by atoms with E-state index in [0.717, 1.165) is 24.3 Å². The monoisotopic (exact) mass is 411 g/mol. The van der Waals surface area contributed by atoms with Gasteiger partial charge in [0.25, 0.3) is 5.91 Å². The molecule has 2 aromatic carbocycles. The molecule has 1 amide bonds. The highest BCUT2D eigenvalue weighted by molar-refractivity contribution is 5.81. The highest BCUT2D eigenvalue weighted by atomic mass is 16.5. The Kier molecular flexibility index (Phi) is 8.76. The number of nitrogens with one attached hydrogen (secondary N) is 1. The molecular formula is C26H37NO3. The molecule has 1 N–H and O–H groups in total. The van der Waals surface area contributed by atoms with E-state index >= 15 is 0 Å². The van der Waals surface area contributed by atoms with Crippen LogP contribution in [0, 0.1) is 0 Å². The molecule has 0 unspecified atom stereocenters. The van der Waals surface area contributed by atoms with Crippen LogP contribution in [0.1, 0.15) is 65.5 Å². The smallest absolute Gasteiger partial charge is 0.261 e. The molecule has 0 saturated carbocycles.